The second kappa shape index (κ2) is 4.43. The number of benzene rings is 1. The molecule has 0 amide bonds. The summed E-state index contributed by atoms with van der Waals surface area (Å²) in [5, 5.41) is 12.8. The highest BCUT2D eigenvalue weighted by atomic mass is 32.2. The SMILES string of the molecule is N#Cc1cc2c3c(c1)[C@H]1CNCC[C@H]1N3CCCS2. The third kappa shape index (κ3) is 1.69. The van der Waals surface area contributed by atoms with Crippen molar-refractivity contribution in [2.45, 2.75) is 29.7 Å². The zero-order chi connectivity index (χ0) is 12.8. The van der Waals surface area contributed by atoms with E-state index >= 15 is 0 Å². The van der Waals surface area contributed by atoms with Crippen LogP contribution in [-0.4, -0.2) is 31.4 Å². The van der Waals surface area contributed by atoms with Crippen molar-refractivity contribution in [1.29, 1.82) is 5.26 Å². The van der Waals surface area contributed by atoms with Crippen LogP contribution in [0.3, 0.4) is 0 Å². The molecule has 1 saturated heterocycles. The molecule has 0 spiro atoms. The lowest BCUT2D eigenvalue weighted by Crippen LogP contribution is -2.44. The quantitative estimate of drug-likeness (QED) is 0.786. The third-order valence-electron chi connectivity index (χ3n) is 4.57. The van der Waals surface area contributed by atoms with Gasteiger partial charge in [0, 0.05) is 29.9 Å². The van der Waals surface area contributed by atoms with Gasteiger partial charge >= 0.3 is 0 Å². The van der Waals surface area contributed by atoms with E-state index in [0.717, 1.165) is 18.7 Å². The van der Waals surface area contributed by atoms with Crippen molar-refractivity contribution in [3.8, 4) is 6.07 Å². The van der Waals surface area contributed by atoms with Gasteiger partial charge in [-0.2, -0.15) is 5.26 Å². The second-order valence-electron chi connectivity index (χ2n) is 5.59. The lowest BCUT2D eigenvalue weighted by Gasteiger charge is -2.33. The summed E-state index contributed by atoms with van der Waals surface area (Å²) in [6.07, 6.45) is 2.47. The van der Waals surface area contributed by atoms with Gasteiger partial charge in [-0.25, -0.2) is 0 Å². The molecule has 1 aromatic carbocycles. The van der Waals surface area contributed by atoms with E-state index in [0.29, 0.717) is 12.0 Å². The number of rotatable bonds is 0. The summed E-state index contributed by atoms with van der Waals surface area (Å²) in [7, 11) is 0. The maximum atomic E-state index is 9.25. The fourth-order valence-electron chi connectivity index (χ4n) is 3.79. The smallest absolute Gasteiger partial charge is 0.0992 e. The molecule has 3 aliphatic rings. The average Bonchev–Trinajstić information content (AvgIpc) is 2.63. The summed E-state index contributed by atoms with van der Waals surface area (Å²) < 4.78 is 0. The lowest BCUT2D eigenvalue weighted by atomic mass is 9.89. The predicted octanol–water partition coefficient (Wildman–Crippen LogP) is 2.32. The summed E-state index contributed by atoms with van der Waals surface area (Å²) in [4.78, 5) is 3.97. The van der Waals surface area contributed by atoms with Gasteiger partial charge in [0.05, 0.1) is 17.3 Å². The standard InChI is InChI=1S/C15H17N3S/c16-8-10-6-11-12-9-17-3-2-13(12)18-4-1-5-19-14(7-10)15(11)18/h6-7,12-13,17H,1-5,9H2/t12-,13-/m1/s1. The molecule has 1 aromatic rings. The maximum absolute atomic E-state index is 9.25. The Hall–Kier alpha value is -1.18. The van der Waals surface area contributed by atoms with Gasteiger partial charge in [0.15, 0.2) is 0 Å². The van der Waals surface area contributed by atoms with E-state index in [1.807, 2.05) is 11.8 Å². The van der Waals surface area contributed by atoms with Gasteiger partial charge in [-0.05, 0) is 42.8 Å². The van der Waals surface area contributed by atoms with Gasteiger partial charge in [0.1, 0.15) is 0 Å². The van der Waals surface area contributed by atoms with Crippen LogP contribution in [0.5, 0.6) is 0 Å². The van der Waals surface area contributed by atoms with Crippen LogP contribution < -0.4 is 10.2 Å². The molecular weight excluding hydrogens is 254 g/mol. The molecule has 3 heterocycles. The number of nitrogens with zero attached hydrogens (tertiary/aromatic N) is 2. The number of anilines is 1. The molecule has 3 nitrogen and oxygen atoms in total. The van der Waals surface area contributed by atoms with Crippen molar-refractivity contribution in [1.82, 2.24) is 5.32 Å². The highest BCUT2D eigenvalue weighted by Gasteiger charge is 2.41. The Morgan fingerprint density at radius 2 is 2.37 bits per heavy atom. The van der Waals surface area contributed by atoms with E-state index in [4.69, 9.17) is 0 Å². The molecule has 0 aromatic heterocycles. The first-order chi connectivity index (χ1) is 9.38. The van der Waals surface area contributed by atoms with Crippen LogP contribution in [0.2, 0.25) is 0 Å². The number of hydrogen-bond acceptors (Lipinski definition) is 4. The summed E-state index contributed by atoms with van der Waals surface area (Å²) in [6, 6.07) is 7.21. The van der Waals surface area contributed by atoms with Gasteiger partial charge in [-0.15, -0.1) is 11.8 Å². The molecule has 0 aliphatic carbocycles. The Labute approximate surface area is 118 Å². The minimum atomic E-state index is 0.578. The Balaban J connectivity index is 1.91. The van der Waals surface area contributed by atoms with E-state index < -0.39 is 0 Å². The van der Waals surface area contributed by atoms with Gasteiger partial charge in [0.25, 0.3) is 0 Å². The highest BCUT2D eigenvalue weighted by Crippen LogP contribution is 2.49. The van der Waals surface area contributed by atoms with Crippen LogP contribution in [0.1, 0.15) is 29.9 Å². The number of nitrogens with one attached hydrogen (secondary N) is 1. The number of fused-ring (bicyclic) bond motifs is 3. The number of hydrogen-bond donors (Lipinski definition) is 1. The van der Waals surface area contributed by atoms with Crippen LogP contribution in [0.25, 0.3) is 0 Å². The first-order valence-electron chi connectivity index (χ1n) is 7.06. The topological polar surface area (TPSA) is 39.1 Å². The second-order valence-corrected chi connectivity index (χ2v) is 6.72. The van der Waals surface area contributed by atoms with Crippen molar-refractivity contribution < 1.29 is 0 Å². The predicted molar refractivity (Wildman–Crippen MR) is 77.9 cm³/mol. The van der Waals surface area contributed by atoms with Crippen molar-refractivity contribution in [2.24, 2.45) is 0 Å². The molecule has 0 radical (unpaired) electrons. The van der Waals surface area contributed by atoms with E-state index in [-0.39, 0.29) is 0 Å². The molecule has 1 fully saturated rings. The van der Waals surface area contributed by atoms with Gasteiger partial charge in [0.2, 0.25) is 0 Å². The molecule has 2 atom stereocenters. The Kier molecular flexibility index (Phi) is 2.71. The lowest BCUT2D eigenvalue weighted by molar-refractivity contribution is 0.403. The van der Waals surface area contributed by atoms with Crippen molar-refractivity contribution in [2.75, 3.05) is 30.3 Å². The monoisotopic (exact) mass is 271 g/mol. The van der Waals surface area contributed by atoms with Crippen LogP contribution in [0.15, 0.2) is 17.0 Å². The average molecular weight is 271 g/mol. The van der Waals surface area contributed by atoms with Gasteiger partial charge in [-0.3, -0.25) is 0 Å². The minimum Gasteiger partial charge on any atom is -0.367 e. The van der Waals surface area contributed by atoms with Gasteiger partial charge < -0.3 is 10.2 Å². The molecule has 19 heavy (non-hydrogen) atoms. The fraction of sp³-hybridized carbons (Fsp3) is 0.533. The molecule has 1 N–H and O–H groups in total. The van der Waals surface area contributed by atoms with E-state index in [2.05, 4.69) is 28.4 Å². The van der Waals surface area contributed by atoms with E-state index in [1.165, 1.54) is 41.3 Å². The van der Waals surface area contributed by atoms with Crippen molar-refractivity contribution in [3.05, 3.63) is 23.3 Å². The molecule has 0 saturated carbocycles. The Morgan fingerprint density at radius 1 is 1.42 bits per heavy atom. The molecule has 4 heteroatoms. The zero-order valence-electron chi connectivity index (χ0n) is 10.9. The number of piperidine rings is 1. The summed E-state index contributed by atoms with van der Waals surface area (Å²) in [6.45, 7) is 3.37. The van der Waals surface area contributed by atoms with Crippen molar-refractivity contribution in [3.63, 3.8) is 0 Å². The van der Waals surface area contributed by atoms with E-state index in [1.54, 1.807) is 0 Å². The molecule has 98 valence electrons. The normalized spacial score (nSPS) is 28.3. The fourth-order valence-corrected chi connectivity index (χ4v) is 4.86. The number of thioether (sulfide) groups is 1. The molecule has 3 aliphatic heterocycles. The minimum absolute atomic E-state index is 0.578. The molecular formula is C15H17N3S. The van der Waals surface area contributed by atoms with Crippen molar-refractivity contribution >= 4 is 17.4 Å². The first kappa shape index (κ1) is 11.6. The van der Waals surface area contributed by atoms with Crippen LogP contribution in [0, 0.1) is 11.3 Å². The Morgan fingerprint density at radius 3 is 3.26 bits per heavy atom. The third-order valence-corrected chi connectivity index (χ3v) is 5.68. The van der Waals surface area contributed by atoms with Gasteiger partial charge in [-0.1, -0.05) is 0 Å². The van der Waals surface area contributed by atoms with Crippen LogP contribution in [0.4, 0.5) is 5.69 Å². The summed E-state index contributed by atoms with van der Waals surface area (Å²) in [5.74, 6) is 1.75. The summed E-state index contributed by atoms with van der Waals surface area (Å²) >= 11 is 1.93. The molecule has 0 unspecified atom stereocenters. The molecule has 4 rings (SSSR count). The zero-order valence-corrected chi connectivity index (χ0v) is 11.7. The van der Waals surface area contributed by atoms with E-state index in [9.17, 15) is 5.26 Å². The summed E-state index contributed by atoms with van der Waals surface area (Å²) in [5.41, 5.74) is 3.69. The Bertz CT molecular complexity index is 563. The maximum Gasteiger partial charge on any atom is 0.0992 e. The largest absolute Gasteiger partial charge is 0.367 e. The van der Waals surface area contributed by atoms with Crippen LogP contribution in [-0.2, 0) is 0 Å². The number of nitriles is 1. The molecule has 0 bridgehead atoms. The highest BCUT2D eigenvalue weighted by molar-refractivity contribution is 7.99. The first-order valence-corrected chi connectivity index (χ1v) is 8.05. The van der Waals surface area contributed by atoms with Crippen LogP contribution >= 0.6 is 11.8 Å².